The largest absolute Gasteiger partial charge is 0.342 e. The summed E-state index contributed by atoms with van der Waals surface area (Å²) in [5.74, 6) is 0.433. The number of hydrogen-bond donors (Lipinski definition) is 1. The summed E-state index contributed by atoms with van der Waals surface area (Å²) < 4.78 is 22.6. The van der Waals surface area contributed by atoms with E-state index in [1.165, 1.54) is 0 Å². The van der Waals surface area contributed by atoms with Gasteiger partial charge in [-0.2, -0.15) is 0 Å². The van der Waals surface area contributed by atoms with Gasteiger partial charge in [-0.1, -0.05) is 0 Å². The lowest BCUT2D eigenvalue weighted by Crippen LogP contribution is -2.51. The van der Waals surface area contributed by atoms with Gasteiger partial charge in [0.25, 0.3) is 0 Å². The summed E-state index contributed by atoms with van der Waals surface area (Å²) in [6, 6.07) is -0.171. The molecule has 8 heteroatoms. The third-order valence-electron chi connectivity index (χ3n) is 3.62. The number of hydrogen-bond acceptors (Lipinski definition) is 4. The summed E-state index contributed by atoms with van der Waals surface area (Å²) in [7, 11) is -2.89. The van der Waals surface area contributed by atoms with Crippen molar-refractivity contribution in [2.24, 2.45) is 5.92 Å². The number of carbonyl (C=O) groups excluding carboxylic acids is 2. The molecular weight excluding hydrogens is 270 g/mol. The van der Waals surface area contributed by atoms with Crippen molar-refractivity contribution in [2.75, 3.05) is 44.2 Å². The molecule has 2 aliphatic rings. The van der Waals surface area contributed by atoms with E-state index < -0.39 is 9.84 Å². The molecule has 0 aromatic rings. The van der Waals surface area contributed by atoms with Crippen molar-refractivity contribution >= 4 is 22.3 Å². The second-order valence-electron chi connectivity index (χ2n) is 5.08. The van der Waals surface area contributed by atoms with Gasteiger partial charge in [0.1, 0.15) is 0 Å². The van der Waals surface area contributed by atoms with E-state index in [9.17, 15) is 18.0 Å². The van der Waals surface area contributed by atoms with Gasteiger partial charge < -0.3 is 15.1 Å². The molecular formula is C11H19N3O4S. The molecule has 0 aliphatic carbocycles. The summed E-state index contributed by atoms with van der Waals surface area (Å²) >= 11 is 0. The maximum atomic E-state index is 11.9. The van der Waals surface area contributed by atoms with E-state index in [1.54, 1.807) is 9.80 Å². The van der Waals surface area contributed by atoms with Crippen LogP contribution in [0, 0.1) is 5.92 Å². The van der Waals surface area contributed by atoms with Gasteiger partial charge in [0.2, 0.25) is 6.41 Å². The standard InChI is InChI=1S/C11H19N3O4S/c15-9-13-2-4-14(5-3-13)11(16)12-7-10-1-6-19(17,18)8-10/h9-10H,1-8H2,(H,12,16)/t10-/m1/s1. The van der Waals surface area contributed by atoms with Crippen LogP contribution < -0.4 is 5.32 Å². The molecule has 108 valence electrons. The molecule has 0 aromatic carbocycles. The molecule has 2 rings (SSSR count). The monoisotopic (exact) mass is 289 g/mol. The Bertz CT molecular complexity index is 443. The van der Waals surface area contributed by atoms with Crippen LogP contribution in [0.3, 0.4) is 0 Å². The van der Waals surface area contributed by atoms with Crippen LogP contribution in [-0.4, -0.2) is 74.9 Å². The zero-order chi connectivity index (χ0) is 13.9. The topological polar surface area (TPSA) is 86.8 Å². The number of sulfone groups is 1. The molecule has 0 bridgehead atoms. The normalized spacial score (nSPS) is 26.2. The highest BCUT2D eigenvalue weighted by Crippen LogP contribution is 2.17. The molecule has 1 atom stereocenters. The quantitative estimate of drug-likeness (QED) is 0.669. The first-order valence-electron chi connectivity index (χ1n) is 6.43. The van der Waals surface area contributed by atoms with Crippen LogP contribution in [0.1, 0.15) is 6.42 Å². The van der Waals surface area contributed by atoms with Crippen LogP contribution in [0.15, 0.2) is 0 Å². The van der Waals surface area contributed by atoms with Crippen LogP contribution in [0.2, 0.25) is 0 Å². The Morgan fingerprint density at radius 2 is 1.95 bits per heavy atom. The average Bonchev–Trinajstić information content (AvgIpc) is 2.76. The number of urea groups is 1. The van der Waals surface area contributed by atoms with Gasteiger partial charge >= 0.3 is 6.03 Å². The zero-order valence-electron chi connectivity index (χ0n) is 10.7. The highest BCUT2D eigenvalue weighted by Gasteiger charge is 2.28. The Hall–Kier alpha value is -1.31. The fourth-order valence-corrected chi connectivity index (χ4v) is 4.27. The molecule has 3 amide bonds. The van der Waals surface area contributed by atoms with Crippen molar-refractivity contribution in [3.8, 4) is 0 Å². The van der Waals surface area contributed by atoms with Crippen molar-refractivity contribution in [2.45, 2.75) is 6.42 Å². The van der Waals surface area contributed by atoms with Crippen LogP contribution >= 0.6 is 0 Å². The van der Waals surface area contributed by atoms with Crippen LogP contribution in [-0.2, 0) is 14.6 Å². The number of nitrogens with one attached hydrogen (secondary N) is 1. The Morgan fingerprint density at radius 1 is 1.26 bits per heavy atom. The molecule has 2 saturated heterocycles. The molecule has 0 saturated carbocycles. The maximum absolute atomic E-state index is 11.9. The average molecular weight is 289 g/mol. The molecule has 7 nitrogen and oxygen atoms in total. The summed E-state index contributed by atoms with van der Waals surface area (Å²) in [4.78, 5) is 25.7. The molecule has 0 aromatic heterocycles. The minimum atomic E-state index is -2.89. The molecule has 0 radical (unpaired) electrons. The van der Waals surface area contributed by atoms with E-state index >= 15 is 0 Å². The lowest BCUT2D eigenvalue weighted by molar-refractivity contribution is -0.119. The van der Waals surface area contributed by atoms with E-state index in [0.717, 1.165) is 6.41 Å². The Labute approximate surface area is 112 Å². The minimum absolute atomic E-state index is 0.0326. The second kappa shape index (κ2) is 5.77. The smallest absolute Gasteiger partial charge is 0.317 e. The van der Waals surface area contributed by atoms with E-state index in [2.05, 4.69) is 5.32 Å². The predicted octanol–water partition coefficient (Wildman–Crippen LogP) is -1.10. The first kappa shape index (κ1) is 14.1. The molecule has 1 N–H and O–H groups in total. The number of piperazine rings is 1. The molecule has 0 unspecified atom stereocenters. The summed E-state index contributed by atoms with van der Waals surface area (Å²) in [5, 5.41) is 2.78. The van der Waals surface area contributed by atoms with Gasteiger partial charge in [-0.05, 0) is 12.3 Å². The first-order chi connectivity index (χ1) is 9.00. The molecule has 2 fully saturated rings. The van der Waals surface area contributed by atoms with Gasteiger partial charge in [0.15, 0.2) is 9.84 Å². The number of rotatable bonds is 3. The summed E-state index contributed by atoms with van der Waals surface area (Å²) in [6.07, 6.45) is 1.42. The number of amides is 3. The van der Waals surface area contributed by atoms with Crippen molar-refractivity contribution in [3.63, 3.8) is 0 Å². The Balaban J connectivity index is 1.72. The van der Waals surface area contributed by atoms with Crippen molar-refractivity contribution in [1.82, 2.24) is 15.1 Å². The lowest BCUT2D eigenvalue weighted by Gasteiger charge is -2.32. The van der Waals surface area contributed by atoms with Crippen LogP contribution in [0.5, 0.6) is 0 Å². The highest BCUT2D eigenvalue weighted by molar-refractivity contribution is 7.91. The SMILES string of the molecule is O=CN1CCN(C(=O)NC[C@H]2CCS(=O)(=O)C2)CC1. The second-order valence-corrected chi connectivity index (χ2v) is 7.31. The van der Waals surface area contributed by atoms with Crippen molar-refractivity contribution in [1.29, 1.82) is 0 Å². The van der Waals surface area contributed by atoms with Crippen LogP contribution in [0.4, 0.5) is 4.79 Å². The van der Waals surface area contributed by atoms with E-state index in [0.29, 0.717) is 39.1 Å². The zero-order valence-corrected chi connectivity index (χ0v) is 11.6. The van der Waals surface area contributed by atoms with Gasteiger partial charge in [-0.3, -0.25) is 4.79 Å². The number of nitrogens with zero attached hydrogens (tertiary/aromatic N) is 2. The molecule has 19 heavy (non-hydrogen) atoms. The van der Waals surface area contributed by atoms with Crippen molar-refractivity contribution < 1.29 is 18.0 Å². The maximum Gasteiger partial charge on any atom is 0.317 e. The van der Waals surface area contributed by atoms with Crippen LogP contribution in [0.25, 0.3) is 0 Å². The molecule has 2 heterocycles. The fraction of sp³-hybridized carbons (Fsp3) is 0.818. The van der Waals surface area contributed by atoms with Gasteiger partial charge in [-0.15, -0.1) is 0 Å². The summed E-state index contributed by atoms with van der Waals surface area (Å²) in [6.45, 7) is 2.55. The van der Waals surface area contributed by atoms with Crippen molar-refractivity contribution in [3.05, 3.63) is 0 Å². The van der Waals surface area contributed by atoms with E-state index in [1.807, 2.05) is 0 Å². The molecule has 2 aliphatic heterocycles. The third kappa shape index (κ3) is 3.82. The Kier molecular flexibility index (Phi) is 4.28. The van der Waals surface area contributed by atoms with Gasteiger partial charge in [0, 0.05) is 32.7 Å². The first-order valence-corrected chi connectivity index (χ1v) is 8.25. The van der Waals surface area contributed by atoms with Gasteiger partial charge in [0.05, 0.1) is 11.5 Å². The Morgan fingerprint density at radius 3 is 2.47 bits per heavy atom. The number of carbonyl (C=O) groups is 2. The fourth-order valence-electron chi connectivity index (χ4n) is 2.41. The van der Waals surface area contributed by atoms with Gasteiger partial charge in [-0.25, -0.2) is 13.2 Å². The van der Waals surface area contributed by atoms with E-state index in [-0.39, 0.29) is 23.5 Å². The van der Waals surface area contributed by atoms with E-state index in [4.69, 9.17) is 0 Å². The molecule has 0 spiro atoms. The summed E-state index contributed by atoms with van der Waals surface area (Å²) in [5.41, 5.74) is 0. The predicted molar refractivity (Wildman–Crippen MR) is 69.4 cm³/mol. The highest BCUT2D eigenvalue weighted by atomic mass is 32.2. The lowest BCUT2D eigenvalue weighted by atomic mass is 10.1. The third-order valence-corrected chi connectivity index (χ3v) is 5.46. The minimum Gasteiger partial charge on any atom is -0.342 e.